The topological polar surface area (TPSA) is 49.8 Å². The maximum absolute atomic E-state index is 12.5. The lowest BCUT2D eigenvalue weighted by Crippen LogP contribution is -2.42. The fourth-order valence-electron chi connectivity index (χ4n) is 2.89. The van der Waals surface area contributed by atoms with E-state index in [2.05, 4.69) is 4.74 Å². The van der Waals surface area contributed by atoms with Crippen molar-refractivity contribution < 1.29 is 23.4 Å². The number of nitrogens with zero attached hydrogens (tertiary/aromatic N) is 1. The minimum absolute atomic E-state index is 0.0736. The highest BCUT2D eigenvalue weighted by Gasteiger charge is 2.29. The summed E-state index contributed by atoms with van der Waals surface area (Å²) in [6.07, 6.45) is 0.627. The number of carboxylic acid groups (broad SMARTS) is 1. The second-order valence-electron chi connectivity index (χ2n) is 5.70. The average Bonchev–Trinajstić information content (AvgIpc) is 2.40. The lowest BCUT2D eigenvalue weighted by molar-refractivity contribution is -0.144. The lowest BCUT2D eigenvalue weighted by atomic mass is 9.90. The summed E-state index contributed by atoms with van der Waals surface area (Å²) in [7, 11) is 0. The minimum Gasteiger partial charge on any atom is -0.481 e. The summed E-state index contributed by atoms with van der Waals surface area (Å²) in [5.41, 5.74) is 0.533. The van der Waals surface area contributed by atoms with Gasteiger partial charge < -0.3 is 9.84 Å². The zero-order chi connectivity index (χ0) is 16.3. The molecule has 0 aromatic heterocycles. The van der Waals surface area contributed by atoms with E-state index in [-0.39, 0.29) is 11.7 Å². The van der Waals surface area contributed by atoms with Crippen LogP contribution in [0.1, 0.15) is 18.9 Å². The molecule has 0 amide bonds. The quantitative estimate of drug-likeness (QED) is 0.896. The Labute approximate surface area is 132 Å². The maximum Gasteiger partial charge on any atom is 0.387 e. The van der Waals surface area contributed by atoms with E-state index >= 15 is 0 Å². The van der Waals surface area contributed by atoms with Crippen LogP contribution in [-0.4, -0.2) is 35.7 Å². The summed E-state index contributed by atoms with van der Waals surface area (Å²) in [5.74, 6) is -0.966. The van der Waals surface area contributed by atoms with Gasteiger partial charge in [-0.25, -0.2) is 0 Å². The number of rotatable bonds is 5. The van der Waals surface area contributed by atoms with Gasteiger partial charge in [0, 0.05) is 30.2 Å². The van der Waals surface area contributed by atoms with Gasteiger partial charge in [0.25, 0.3) is 0 Å². The van der Waals surface area contributed by atoms with E-state index in [4.69, 9.17) is 11.6 Å². The van der Waals surface area contributed by atoms with Crippen LogP contribution in [0.25, 0.3) is 0 Å². The number of carboxylic acids is 1. The number of hydrogen-bond acceptors (Lipinski definition) is 3. The summed E-state index contributed by atoms with van der Waals surface area (Å²) < 4.78 is 29.4. The average molecular weight is 334 g/mol. The van der Waals surface area contributed by atoms with Gasteiger partial charge in [0.2, 0.25) is 0 Å². The first-order valence-corrected chi connectivity index (χ1v) is 7.41. The van der Waals surface area contributed by atoms with Crippen molar-refractivity contribution in [3.63, 3.8) is 0 Å². The van der Waals surface area contributed by atoms with Crippen LogP contribution in [0.15, 0.2) is 18.2 Å². The van der Waals surface area contributed by atoms with Crippen LogP contribution in [-0.2, 0) is 11.3 Å². The van der Waals surface area contributed by atoms with Gasteiger partial charge in [-0.2, -0.15) is 8.78 Å². The molecule has 1 heterocycles. The lowest BCUT2D eigenvalue weighted by Gasteiger charge is -2.34. The number of hydrogen-bond donors (Lipinski definition) is 1. The molecule has 7 heteroatoms. The molecule has 1 aromatic carbocycles. The predicted molar refractivity (Wildman–Crippen MR) is 78.3 cm³/mol. The Hall–Kier alpha value is -1.40. The van der Waals surface area contributed by atoms with Gasteiger partial charge in [-0.05, 0) is 30.5 Å². The summed E-state index contributed by atoms with van der Waals surface area (Å²) in [5, 5.41) is 9.61. The molecule has 0 aliphatic carbocycles. The molecular formula is C15H18ClF2NO3. The SMILES string of the molecule is CC1CC(C(=O)O)CN(Cc2cc(Cl)ccc2OC(F)F)C1. The molecule has 1 aromatic rings. The number of piperidine rings is 1. The minimum atomic E-state index is -2.91. The third-order valence-electron chi connectivity index (χ3n) is 3.72. The van der Waals surface area contributed by atoms with Crippen molar-refractivity contribution in [2.75, 3.05) is 13.1 Å². The number of alkyl halides is 2. The first kappa shape index (κ1) is 17.0. The van der Waals surface area contributed by atoms with Crippen LogP contribution < -0.4 is 4.74 Å². The molecule has 0 spiro atoms. The van der Waals surface area contributed by atoms with E-state index in [1.54, 1.807) is 6.07 Å². The molecular weight excluding hydrogens is 316 g/mol. The van der Waals surface area contributed by atoms with E-state index < -0.39 is 18.5 Å². The van der Waals surface area contributed by atoms with Crippen molar-refractivity contribution in [2.24, 2.45) is 11.8 Å². The van der Waals surface area contributed by atoms with Gasteiger partial charge in [0.15, 0.2) is 0 Å². The summed E-state index contributed by atoms with van der Waals surface area (Å²) in [6.45, 7) is 0.505. The Balaban J connectivity index is 2.15. The Morgan fingerprint density at radius 3 is 2.86 bits per heavy atom. The van der Waals surface area contributed by atoms with Crippen LogP contribution in [0.4, 0.5) is 8.78 Å². The number of ether oxygens (including phenoxy) is 1. The van der Waals surface area contributed by atoms with E-state index in [9.17, 15) is 18.7 Å². The van der Waals surface area contributed by atoms with Crippen LogP contribution in [0.3, 0.4) is 0 Å². The van der Waals surface area contributed by atoms with Crippen molar-refractivity contribution >= 4 is 17.6 Å². The highest BCUT2D eigenvalue weighted by atomic mass is 35.5. The third-order valence-corrected chi connectivity index (χ3v) is 3.95. The Kier molecular flexibility index (Phi) is 5.58. The van der Waals surface area contributed by atoms with Crippen LogP contribution >= 0.6 is 11.6 Å². The normalized spacial score (nSPS) is 22.8. The highest BCUT2D eigenvalue weighted by molar-refractivity contribution is 6.30. The molecule has 2 rings (SSSR count). The van der Waals surface area contributed by atoms with Crippen LogP contribution in [0.2, 0.25) is 5.02 Å². The Morgan fingerprint density at radius 2 is 2.23 bits per heavy atom. The van der Waals surface area contributed by atoms with Gasteiger partial charge in [-0.3, -0.25) is 9.69 Å². The number of carbonyl (C=O) groups is 1. The number of benzene rings is 1. The summed E-state index contributed by atoms with van der Waals surface area (Å²) in [4.78, 5) is 13.1. The molecule has 1 aliphatic rings. The molecule has 1 saturated heterocycles. The predicted octanol–water partition coefficient (Wildman–Crippen LogP) is 3.48. The monoisotopic (exact) mass is 333 g/mol. The van der Waals surface area contributed by atoms with Gasteiger partial charge in [-0.1, -0.05) is 18.5 Å². The molecule has 0 bridgehead atoms. The van der Waals surface area contributed by atoms with Gasteiger partial charge in [-0.15, -0.1) is 0 Å². The molecule has 2 atom stereocenters. The highest BCUT2D eigenvalue weighted by Crippen LogP contribution is 2.29. The first-order valence-electron chi connectivity index (χ1n) is 7.03. The Morgan fingerprint density at radius 1 is 1.50 bits per heavy atom. The van der Waals surface area contributed by atoms with Crippen molar-refractivity contribution in [1.82, 2.24) is 4.90 Å². The molecule has 0 saturated carbocycles. The van der Waals surface area contributed by atoms with Crippen molar-refractivity contribution in [1.29, 1.82) is 0 Å². The fraction of sp³-hybridized carbons (Fsp3) is 0.533. The largest absolute Gasteiger partial charge is 0.481 e. The van der Waals surface area contributed by atoms with Gasteiger partial charge in [0.05, 0.1) is 5.92 Å². The molecule has 0 radical (unpaired) electrons. The number of aliphatic carboxylic acids is 1. The van der Waals surface area contributed by atoms with Crippen LogP contribution in [0.5, 0.6) is 5.75 Å². The van der Waals surface area contributed by atoms with Crippen molar-refractivity contribution in [3.05, 3.63) is 28.8 Å². The zero-order valence-corrected chi connectivity index (χ0v) is 12.9. The van der Waals surface area contributed by atoms with E-state index in [1.807, 2.05) is 11.8 Å². The van der Waals surface area contributed by atoms with E-state index in [1.165, 1.54) is 12.1 Å². The molecule has 1 aliphatic heterocycles. The molecule has 1 N–H and O–H groups in total. The van der Waals surface area contributed by atoms with E-state index in [0.717, 1.165) is 0 Å². The smallest absolute Gasteiger partial charge is 0.387 e. The van der Waals surface area contributed by atoms with Crippen molar-refractivity contribution in [2.45, 2.75) is 26.5 Å². The second kappa shape index (κ2) is 7.24. The standard InChI is InChI=1S/C15H18ClF2NO3/c1-9-4-11(14(20)21)8-19(6-9)7-10-5-12(16)2-3-13(10)22-15(17)18/h2-3,5,9,11,15H,4,6-8H2,1H3,(H,20,21). The maximum atomic E-state index is 12.5. The van der Waals surface area contributed by atoms with E-state index in [0.29, 0.717) is 36.6 Å². The molecule has 22 heavy (non-hydrogen) atoms. The number of likely N-dealkylation sites (tertiary alicyclic amines) is 1. The molecule has 1 fully saturated rings. The first-order chi connectivity index (χ1) is 10.3. The zero-order valence-electron chi connectivity index (χ0n) is 12.1. The fourth-order valence-corrected chi connectivity index (χ4v) is 3.09. The van der Waals surface area contributed by atoms with Gasteiger partial charge >= 0.3 is 12.6 Å². The third kappa shape index (κ3) is 4.55. The van der Waals surface area contributed by atoms with Crippen molar-refractivity contribution in [3.8, 4) is 5.75 Å². The summed E-state index contributed by atoms with van der Waals surface area (Å²) >= 11 is 5.92. The summed E-state index contributed by atoms with van der Waals surface area (Å²) in [6, 6.07) is 4.47. The molecule has 2 unspecified atom stereocenters. The second-order valence-corrected chi connectivity index (χ2v) is 6.14. The molecule has 4 nitrogen and oxygen atoms in total. The molecule has 122 valence electrons. The van der Waals surface area contributed by atoms with Gasteiger partial charge in [0.1, 0.15) is 5.75 Å². The number of halogens is 3. The Bertz CT molecular complexity index is 542. The van der Waals surface area contributed by atoms with Crippen LogP contribution in [0, 0.1) is 11.8 Å².